The molecule has 0 unspecified atom stereocenters. The van der Waals surface area contributed by atoms with E-state index in [9.17, 15) is 9.59 Å². The summed E-state index contributed by atoms with van der Waals surface area (Å²) in [5, 5.41) is 4.58. The van der Waals surface area contributed by atoms with Crippen LogP contribution in [0.4, 0.5) is 5.69 Å². The molecule has 0 fully saturated rings. The van der Waals surface area contributed by atoms with Gasteiger partial charge < -0.3 is 5.32 Å². The number of fused-ring (bicyclic) bond motifs is 1. The maximum Gasteiger partial charge on any atom is 0.266 e. The van der Waals surface area contributed by atoms with Crippen LogP contribution in [0.1, 0.15) is 11.1 Å². The fourth-order valence-electron chi connectivity index (χ4n) is 3.31. The van der Waals surface area contributed by atoms with Crippen molar-refractivity contribution in [2.24, 2.45) is 0 Å². The van der Waals surface area contributed by atoms with Crippen molar-refractivity contribution < 1.29 is 4.79 Å². The number of hydrogen-bond donors (Lipinski definition) is 1. The van der Waals surface area contributed by atoms with Crippen molar-refractivity contribution in [3.05, 3.63) is 92.2 Å². The molecule has 4 aromatic rings. The van der Waals surface area contributed by atoms with Crippen LogP contribution in [0.2, 0.25) is 10.0 Å². The molecule has 5 nitrogen and oxygen atoms in total. The molecule has 1 N–H and O–H groups in total. The number of benzene rings is 3. The van der Waals surface area contributed by atoms with Crippen molar-refractivity contribution in [1.29, 1.82) is 0 Å². The molecule has 162 valence electrons. The number of anilines is 1. The first-order valence-corrected chi connectivity index (χ1v) is 11.6. The topological polar surface area (TPSA) is 64.0 Å². The highest BCUT2D eigenvalue weighted by Crippen LogP contribution is 2.27. The van der Waals surface area contributed by atoms with E-state index in [2.05, 4.69) is 5.32 Å². The van der Waals surface area contributed by atoms with Crippen LogP contribution in [0.15, 0.2) is 70.6 Å². The van der Waals surface area contributed by atoms with E-state index in [-0.39, 0.29) is 17.2 Å². The van der Waals surface area contributed by atoms with Gasteiger partial charge in [-0.1, -0.05) is 59.2 Å². The van der Waals surface area contributed by atoms with Gasteiger partial charge in [0.15, 0.2) is 5.16 Å². The summed E-state index contributed by atoms with van der Waals surface area (Å²) in [6.45, 7) is 3.96. The zero-order chi connectivity index (χ0) is 22.8. The highest BCUT2D eigenvalue weighted by Gasteiger charge is 2.17. The quantitative estimate of drug-likeness (QED) is 0.277. The molecule has 32 heavy (non-hydrogen) atoms. The number of aryl methyl sites for hydroxylation is 1. The first-order chi connectivity index (χ1) is 15.3. The minimum atomic E-state index is -0.283. The average molecular weight is 484 g/mol. The van der Waals surface area contributed by atoms with E-state index in [1.807, 2.05) is 44.2 Å². The fourth-order valence-corrected chi connectivity index (χ4v) is 4.45. The molecule has 0 atom stereocenters. The van der Waals surface area contributed by atoms with Gasteiger partial charge in [0.05, 0.1) is 33.1 Å². The molecule has 0 aliphatic carbocycles. The summed E-state index contributed by atoms with van der Waals surface area (Å²) in [5.74, 6) is -0.243. The van der Waals surface area contributed by atoms with Gasteiger partial charge in [0.25, 0.3) is 5.56 Å². The number of rotatable bonds is 5. The Morgan fingerprint density at radius 2 is 1.84 bits per heavy atom. The lowest BCUT2D eigenvalue weighted by Crippen LogP contribution is -2.23. The van der Waals surface area contributed by atoms with Gasteiger partial charge in [-0.05, 0) is 61.4 Å². The van der Waals surface area contributed by atoms with E-state index in [4.69, 9.17) is 28.2 Å². The van der Waals surface area contributed by atoms with Crippen LogP contribution in [-0.2, 0) is 4.79 Å². The van der Waals surface area contributed by atoms with Crippen molar-refractivity contribution in [1.82, 2.24) is 9.55 Å². The zero-order valence-corrected chi connectivity index (χ0v) is 19.7. The van der Waals surface area contributed by atoms with Crippen molar-refractivity contribution in [2.75, 3.05) is 11.1 Å². The summed E-state index contributed by atoms with van der Waals surface area (Å²) in [4.78, 5) is 30.7. The Labute approximate surface area is 199 Å². The van der Waals surface area contributed by atoms with Crippen LogP contribution in [0, 0.1) is 13.8 Å². The first kappa shape index (κ1) is 22.4. The number of para-hydroxylation sites is 1. The minimum Gasteiger partial charge on any atom is -0.324 e. The molecule has 0 bridgehead atoms. The minimum absolute atomic E-state index is 0.0402. The molecular formula is C24H19Cl2N3O2S. The second-order valence-electron chi connectivity index (χ2n) is 7.23. The van der Waals surface area contributed by atoms with Crippen LogP contribution in [0.25, 0.3) is 16.6 Å². The number of halogens is 2. The third kappa shape index (κ3) is 4.53. The van der Waals surface area contributed by atoms with Crippen LogP contribution in [0.3, 0.4) is 0 Å². The normalized spacial score (nSPS) is 11.0. The molecule has 8 heteroatoms. The van der Waals surface area contributed by atoms with Crippen molar-refractivity contribution >= 4 is 57.5 Å². The molecule has 0 saturated carbocycles. The Morgan fingerprint density at radius 1 is 1.06 bits per heavy atom. The fraction of sp³-hybridized carbons (Fsp3) is 0.125. The summed E-state index contributed by atoms with van der Waals surface area (Å²) in [5.41, 5.74) is 3.62. The van der Waals surface area contributed by atoms with Gasteiger partial charge in [-0.15, -0.1) is 0 Å². The zero-order valence-electron chi connectivity index (χ0n) is 17.4. The van der Waals surface area contributed by atoms with Crippen LogP contribution in [-0.4, -0.2) is 21.2 Å². The monoisotopic (exact) mass is 483 g/mol. The second-order valence-corrected chi connectivity index (χ2v) is 9.02. The van der Waals surface area contributed by atoms with Gasteiger partial charge in [0, 0.05) is 5.02 Å². The van der Waals surface area contributed by atoms with Crippen LogP contribution >= 0.6 is 35.0 Å². The smallest absolute Gasteiger partial charge is 0.266 e. The summed E-state index contributed by atoms with van der Waals surface area (Å²) in [6, 6.07) is 17.8. The molecule has 0 aliphatic rings. The number of carbonyl (C=O) groups excluding carboxylic acids is 1. The van der Waals surface area contributed by atoms with E-state index in [1.165, 1.54) is 11.8 Å². The molecule has 0 spiro atoms. The van der Waals surface area contributed by atoms with Gasteiger partial charge >= 0.3 is 0 Å². The maximum atomic E-state index is 13.4. The molecule has 4 rings (SSSR count). The Morgan fingerprint density at radius 3 is 2.66 bits per heavy atom. The third-order valence-electron chi connectivity index (χ3n) is 5.10. The lowest BCUT2D eigenvalue weighted by atomic mass is 10.1. The van der Waals surface area contributed by atoms with Gasteiger partial charge in [0.1, 0.15) is 0 Å². The Bertz CT molecular complexity index is 1400. The molecule has 0 radical (unpaired) electrons. The number of hydrogen-bond acceptors (Lipinski definition) is 4. The van der Waals surface area contributed by atoms with Crippen LogP contribution < -0.4 is 10.9 Å². The van der Waals surface area contributed by atoms with E-state index in [0.29, 0.717) is 31.8 Å². The van der Waals surface area contributed by atoms with Gasteiger partial charge in [-0.25, -0.2) is 4.98 Å². The molecule has 3 aromatic carbocycles. The molecule has 1 heterocycles. The van der Waals surface area contributed by atoms with Crippen LogP contribution in [0.5, 0.6) is 0 Å². The Kier molecular flexibility index (Phi) is 6.55. The highest BCUT2D eigenvalue weighted by atomic mass is 35.5. The second kappa shape index (κ2) is 9.36. The summed E-state index contributed by atoms with van der Waals surface area (Å²) >= 11 is 13.3. The number of nitrogens with zero attached hydrogens (tertiary/aromatic N) is 2. The number of carbonyl (C=O) groups is 1. The predicted octanol–water partition coefficient (Wildman–Crippen LogP) is 6.04. The average Bonchev–Trinajstić information content (AvgIpc) is 2.77. The molecule has 0 aliphatic heterocycles. The number of nitrogens with one attached hydrogen (secondary N) is 1. The largest absolute Gasteiger partial charge is 0.324 e. The summed E-state index contributed by atoms with van der Waals surface area (Å²) in [6.07, 6.45) is 0. The van der Waals surface area contributed by atoms with Gasteiger partial charge in [0.2, 0.25) is 5.91 Å². The van der Waals surface area contributed by atoms with Crippen molar-refractivity contribution in [3.8, 4) is 5.69 Å². The first-order valence-electron chi connectivity index (χ1n) is 9.81. The lowest BCUT2D eigenvalue weighted by Gasteiger charge is -2.16. The van der Waals surface area contributed by atoms with Crippen molar-refractivity contribution in [3.63, 3.8) is 0 Å². The molecular weight excluding hydrogens is 465 g/mol. The highest BCUT2D eigenvalue weighted by molar-refractivity contribution is 7.99. The number of aromatic nitrogens is 2. The van der Waals surface area contributed by atoms with Crippen molar-refractivity contribution in [2.45, 2.75) is 19.0 Å². The standard InChI is InChI=1S/C24H19Cl2N3O2S/c1-14-6-5-9-21(15(14)2)29-23(31)17-7-3-4-8-19(17)28-24(29)32-13-22(30)27-20-12-16(25)10-11-18(20)26/h3-12H,13H2,1-2H3,(H,27,30). The predicted molar refractivity (Wildman–Crippen MR) is 133 cm³/mol. The summed E-state index contributed by atoms with van der Waals surface area (Å²) in [7, 11) is 0. The van der Waals surface area contributed by atoms with E-state index in [0.717, 1.165) is 16.8 Å². The maximum absolute atomic E-state index is 13.4. The van der Waals surface area contributed by atoms with Gasteiger partial charge in [-0.3, -0.25) is 14.2 Å². The van der Waals surface area contributed by atoms with E-state index in [1.54, 1.807) is 34.9 Å². The molecule has 0 saturated heterocycles. The lowest BCUT2D eigenvalue weighted by molar-refractivity contribution is -0.113. The third-order valence-corrected chi connectivity index (χ3v) is 6.60. The molecule has 1 amide bonds. The SMILES string of the molecule is Cc1cccc(-n2c(SCC(=O)Nc3cc(Cl)ccc3Cl)nc3ccccc3c2=O)c1C. The number of thioether (sulfide) groups is 1. The number of amides is 1. The van der Waals surface area contributed by atoms with E-state index >= 15 is 0 Å². The molecule has 1 aromatic heterocycles. The van der Waals surface area contributed by atoms with Gasteiger partial charge in [-0.2, -0.15) is 0 Å². The summed E-state index contributed by atoms with van der Waals surface area (Å²) < 4.78 is 1.58. The Hall–Kier alpha value is -2.80. The Balaban J connectivity index is 1.71. The van der Waals surface area contributed by atoms with E-state index < -0.39 is 0 Å².